The highest BCUT2D eigenvalue weighted by Gasteiger charge is 2.39. The molecule has 0 unspecified atom stereocenters. The van der Waals surface area contributed by atoms with E-state index < -0.39 is 37.3 Å². The molecule has 0 aliphatic heterocycles. The van der Waals surface area contributed by atoms with Gasteiger partial charge in [-0.05, 0) is 45.9 Å². The monoisotopic (exact) mass is 439 g/mol. The third-order valence-corrected chi connectivity index (χ3v) is 5.52. The molecule has 0 saturated heterocycles. The molecule has 1 aromatic rings. The number of hydrogen-bond acceptors (Lipinski definition) is 7. The fourth-order valence-electron chi connectivity index (χ4n) is 1.71. The lowest BCUT2D eigenvalue weighted by Crippen LogP contribution is -2.28. The van der Waals surface area contributed by atoms with Crippen LogP contribution in [-0.4, -0.2) is 29.7 Å². The second-order valence-corrected chi connectivity index (χ2v) is 8.37. The minimum absolute atomic E-state index is 0.205. The van der Waals surface area contributed by atoms with E-state index in [4.69, 9.17) is 38.0 Å². The van der Waals surface area contributed by atoms with Gasteiger partial charge in [0.2, 0.25) is 0 Å². The lowest BCUT2D eigenvalue weighted by Gasteiger charge is -2.21. The third-order valence-electron chi connectivity index (χ3n) is 2.56. The Bertz CT molecular complexity index is 771. The van der Waals surface area contributed by atoms with Crippen LogP contribution in [0.25, 0.3) is 0 Å². The Balaban J connectivity index is 3.02. The van der Waals surface area contributed by atoms with Crippen molar-refractivity contribution in [2.45, 2.75) is 39.9 Å². The molecule has 0 aliphatic carbocycles. The largest absolute Gasteiger partial charge is 0.437 e. The maximum atomic E-state index is 12.9. The highest BCUT2D eigenvalue weighted by atomic mass is 35.5. The van der Waals surface area contributed by atoms with E-state index in [-0.39, 0.29) is 10.7 Å². The molecule has 150 valence electrons. The van der Waals surface area contributed by atoms with Crippen LogP contribution in [0.3, 0.4) is 0 Å². The summed E-state index contributed by atoms with van der Waals surface area (Å²) in [7, 11) is -4.22. The highest BCUT2D eigenvalue weighted by molar-refractivity contribution is 7.75. The summed E-state index contributed by atoms with van der Waals surface area (Å²) in [4.78, 5) is 28.1. The number of anilines is 1. The van der Waals surface area contributed by atoms with E-state index in [1.54, 1.807) is 27.7 Å². The fraction of sp³-hybridized carbons (Fsp3) is 0.400. The van der Waals surface area contributed by atoms with E-state index in [9.17, 15) is 14.2 Å². The first kappa shape index (κ1) is 23.4. The van der Waals surface area contributed by atoms with Gasteiger partial charge in [-0.25, -0.2) is 4.79 Å². The van der Waals surface area contributed by atoms with Crippen molar-refractivity contribution in [2.75, 3.05) is 5.32 Å². The number of amides is 2. The number of oxime groups is 1. The number of carbonyl (C=O) groups excluding carboxylic acids is 2. The summed E-state index contributed by atoms with van der Waals surface area (Å²) in [5, 5.41) is 6.10. The first-order valence-corrected chi connectivity index (χ1v) is 10.0. The molecule has 0 aliphatic rings. The molecule has 0 radical (unpaired) electrons. The Morgan fingerprint density at radius 1 is 1.11 bits per heavy atom. The zero-order valence-electron chi connectivity index (χ0n) is 15.1. The van der Waals surface area contributed by atoms with Gasteiger partial charge < -0.3 is 14.8 Å². The van der Waals surface area contributed by atoms with Crippen molar-refractivity contribution >= 4 is 53.9 Å². The van der Waals surface area contributed by atoms with Crippen LogP contribution in [0.2, 0.25) is 10.0 Å². The molecule has 0 bridgehead atoms. The van der Waals surface area contributed by atoms with Gasteiger partial charge in [0, 0.05) is 5.69 Å². The average Bonchev–Trinajstić information content (AvgIpc) is 2.48. The van der Waals surface area contributed by atoms with E-state index >= 15 is 0 Å². The number of nitrogens with one attached hydrogen (secondary N) is 1. The molecule has 0 spiro atoms. The number of rotatable bonds is 8. The van der Waals surface area contributed by atoms with E-state index in [1.807, 2.05) is 0 Å². The standard InChI is InChI=1S/C15H20Cl2N3O6P/c1-8(2)25-27(23,26-9(3)4)14(13(18)21)20-24-15(22)19-10-5-6-11(16)12(17)7-10/h5-9H,1-4H3,(H2,18,21)(H,19,22)/b20-14+. The Morgan fingerprint density at radius 3 is 2.11 bits per heavy atom. The van der Waals surface area contributed by atoms with Crippen molar-refractivity contribution in [3.8, 4) is 0 Å². The smallest absolute Gasteiger partial charge is 0.364 e. The molecule has 9 nitrogen and oxygen atoms in total. The van der Waals surface area contributed by atoms with Gasteiger partial charge in [0.15, 0.2) is 0 Å². The Morgan fingerprint density at radius 2 is 1.67 bits per heavy atom. The number of halogens is 2. The number of nitrogens with zero attached hydrogens (tertiary/aromatic N) is 1. The first-order valence-electron chi connectivity index (χ1n) is 7.73. The van der Waals surface area contributed by atoms with Gasteiger partial charge in [0.05, 0.1) is 22.3 Å². The Kier molecular flexibility index (Phi) is 8.71. The van der Waals surface area contributed by atoms with Crippen molar-refractivity contribution in [2.24, 2.45) is 10.9 Å². The zero-order valence-corrected chi connectivity index (χ0v) is 17.5. The second-order valence-electron chi connectivity index (χ2n) is 5.72. The van der Waals surface area contributed by atoms with Gasteiger partial charge in [0.1, 0.15) is 0 Å². The third kappa shape index (κ3) is 7.48. The van der Waals surface area contributed by atoms with Gasteiger partial charge in [-0.3, -0.25) is 19.5 Å². The number of carbonyl (C=O) groups is 2. The lowest BCUT2D eigenvalue weighted by molar-refractivity contribution is -0.111. The molecule has 0 atom stereocenters. The molecule has 0 fully saturated rings. The van der Waals surface area contributed by atoms with Gasteiger partial charge in [0.25, 0.3) is 11.4 Å². The van der Waals surface area contributed by atoms with Crippen molar-refractivity contribution in [3.63, 3.8) is 0 Å². The number of primary amides is 1. The molecule has 0 aromatic heterocycles. The normalized spacial score (nSPS) is 12.4. The highest BCUT2D eigenvalue weighted by Crippen LogP contribution is 2.52. The lowest BCUT2D eigenvalue weighted by atomic mass is 10.3. The van der Waals surface area contributed by atoms with Crippen LogP contribution in [0.1, 0.15) is 27.7 Å². The summed E-state index contributed by atoms with van der Waals surface area (Å²) in [6, 6.07) is 4.29. The van der Waals surface area contributed by atoms with Gasteiger partial charge in [-0.15, -0.1) is 0 Å². The van der Waals surface area contributed by atoms with Crippen molar-refractivity contribution in [1.82, 2.24) is 0 Å². The first-order chi connectivity index (χ1) is 12.4. The van der Waals surface area contributed by atoms with E-state index in [0.29, 0.717) is 5.02 Å². The van der Waals surface area contributed by atoms with Crippen LogP contribution >= 0.6 is 30.8 Å². The van der Waals surface area contributed by atoms with E-state index in [1.165, 1.54) is 18.2 Å². The molecule has 2 amide bonds. The average molecular weight is 440 g/mol. The van der Waals surface area contributed by atoms with Crippen LogP contribution in [0.5, 0.6) is 0 Å². The van der Waals surface area contributed by atoms with Crippen LogP contribution in [0, 0.1) is 0 Å². The predicted molar refractivity (Wildman–Crippen MR) is 103 cm³/mol. The van der Waals surface area contributed by atoms with Gasteiger partial charge >= 0.3 is 13.7 Å². The minimum atomic E-state index is -4.22. The summed E-state index contributed by atoms with van der Waals surface area (Å²) in [6.07, 6.45) is -2.25. The van der Waals surface area contributed by atoms with Crippen molar-refractivity contribution in [1.29, 1.82) is 0 Å². The fourth-order valence-corrected chi connectivity index (χ4v) is 3.78. The number of hydrogen-bond donors (Lipinski definition) is 2. The zero-order chi connectivity index (χ0) is 20.8. The molecule has 3 N–H and O–H groups in total. The van der Waals surface area contributed by atoms with E-state index in [2.05, 4.69) is 15.3 Å². The topological polar surface area (TPSA) is 129 Å². The molecule has 0 saturated carbocycles. The maximum absolute atomic E-state index is 12.9. The summed E-state index contributed by atoms with van der Waals surface area (Å²) in [5.41, 5.74) is 4.62. The van der Waals surface area contributed by atoms with E-state index in [0.717, 1.165) is 0 Å². The van der Waals surface area contributed by atoms with Crippen molar-refractivity contribution < 1.29 is 28.0 Å². The van der Waals surface area contributed by atoms with Crippen LogP contribution in [0.4, 0.5) is 10.5 Å². The van der Waals surface area contributed by atoms with Gasteiger partial charge in [-0.1, -0.05) is 28.4 Å². The van der Waals surface area contributed by atoms with Crippen molar-refractivity contribution in [3.05, 3.63) is 28.2 Å². The molecule has 12 heteroatoms. The summed E-state index contributed by atoms with van der Waals surface area (Å²) in [6.45, 7) is 6.30. The molecule has 27 heavy (non-hydrogen) atoms. The van der Waals surface area contributed by atoms with Crippen LogP contribution < -0.4 is 11.1 Å². The quantitative estimate of drug-likeness (QED) is 0.267. The number of nitrogens with two attached hydrogens (primary N) is 1. The number of benzene rings is 1. The van der Waals surface area contributed by atoms with Crippen LogP contribution in [-0.2, 0) is 23.2 Å². The summed E-state index contributed by atoms with van der Waals surface area (Å²) < 4.78 is 23.3. The Labute approximate surface area is 166 Å². The van der Waals surface area contributed by atoms with Crippen LogP contribution in [0.15, 0.2) is 23.4 Å². The summed E-state index contributed by atoms with van der Waals surface area (Å²) in [5.74, 6) is -1.22. The predicted octanol–water partition coefficient (Wildman–Crippen LogP) is 4.38. The second kappa shape index (κ2) is 10.1. The molecular formula is C15H20Cl2N3O6P. The molecule has 1 rings (SSSR count). The minimum Gasteiger partial charge on any atom is -0.364 e. The molecular weight excluding hydrogens is 420 g/mol. The molecule has 0 heterocycles. The Hall–Kier alpha value is -1.64. The maximum Gasteiger partial charge on any atom is 0.437 e. The summed E-state index contributed by atoms with van der Waals surface area (Å²) >= 11 is 11.6. The van der Waals surface area contributed by atoms with Gasteiger partial charge in [-0.2, -0.15) is 0 Å². The SMILES string of the molecule is CC(C)OP(=O)(OC(C)C)/C(=N/OC(=O)Nc1ccc(Cl)c(Cl)c1)C(N)=O. The molecule has 1 aromatic carbocycles.